The van der Waals surface area contributed by atoms with Crippen LogP contribution in [0.5, 0.6) is 0 Å². The Labute approximate surface area is 137 Å². The number of carbonyl (C=O) groups excluding carboxylic acids is 1. The molecule has 3 heterocycles. The quantitative estimate of drug-likeness (QED) is 0.801. The Balaban J connectivity index is 1.98. The van der Waals surface area contributed by atoms with Crippen LogP contribution in [0.3, 0.4) is 0 Å². The number of Topliss-reactive ketones (excluding diaryl/α,β-unsaturated/α-hetero) is 1. The topological polar surface area (TPSA) is 109 Å². The van der Waals surface area contributed by atoms with Gasteiger partial charge in [-0.25, -0.2) is 9.29 Å². The van der Waals surface area contributed by atoms with E-state index in [9.17, 15) is 13.2 Å². The Morgan fingerprint density at radius 2 is 2.35 bits per heavy atom. The number of ketones is 1. The second-order valence-corrected chi connectivity index (χ2v) is 7.48. The third kappa shape index (κ3) is 3.34. The normalized spacial score (nSPS) is 23.5. The standard InChI is InChI=1S/C13H15N3O5S2/c17-8-12(18)11-6-10(13-14-3-5-22-13)15-23(19,20)16(11)7-9-2-1-4-21-9/h3,5-6,9,17H,1-2,4,7-8H2. The molecular formula is C13H15N3O5S2. The van der Waals surface area contributed by atoms with Crippen LogP contribution in [0.1, 0.15) is 17.8 Å². The van der Waals surface area contributed by atoms with Gasteiger partial charge in [0.1, 0.15) is 23.0 Å². The molecule has 2 aliphatic rings. The molecule has 0 radical (unpaired) electrons. The number of ether oxygens (including phenoxy) is 1. The van der Waals surface area contributed by atoms with Gasteiger partial charge >= 0.3 is 10.2 Å². The highest BCUT2D eigenvalue weighted by Gasteiger charge is 2.35. The lowest BCUT2D eigenvalue weighted by Gasteiger charge is -2.28. The third-order valence-corrected chi connectivity index (χ3v) is 5.63. The molecule has 0 amide bonds. The van der Waals surface area contributed by atoms with Gasteiger partial charge in [0.2, 0.25) is 5.78 Å². The van der Waals surface area contributed by atoms with Gasteiger partial charge in [0.05, 0.1) is 12.6 Å². The number of hydrogen-bond acceptors (Lipinski definition) is 7. The number of aromatic nitrogens is 1. The number of allylic oxidation sites excluding steroid dienone is 1. The molecule has 1 atom stereocenters. The number of carbonyl (C=O) groups is 1. The molecule has 0 bridgehead atoms. The highest BCUT2D eigenvalue weighted by Crippen LogP contribution is 2.25. The van der Waals surface area contributed by atoms with Crippen molar-refractivity contribution in [1.29, 1.82) is 0 Å². The average Bonchev–Trinajstić information content (AvgIpc) is 3.20. The summed E-state index contributed by atoms with van der Waals surface area (Å²) in [5, 5.41) is 11.2. The highest BCUT2D eigenvalue weighted by atomic mass is 32.2. The van der Waals surface area contributed by atoms with Crippen LogP contribution in [0.15, 0.2) is 27.7 Å². The van der Waals surface area contributed by atoms with Crippen LogP contribution in [0.4, 0.5) is 0 Å². The van der Waals surface area contributed by atoms with Crippen LogP contribution in [-0.4, -0.2) is 60.2 Å². The van der Waals surface area contributed by atoms with Crippen molar-refractivity contribution in [2.45, 2.75) is 18.9 Å². The largest absolute Gasteiger partial charge is 0.388 e. The summed E-state index contributed by atoms with van der Waals surface area (Å²) in [4.78, 5) is 16.0. The number of thiazole rings is 1. The van der Waals surface area contributed by atoms with Gasteiger partial charge in [-0.1, -0.05) is 0 Å². The van der Waals surface area contributed by atoms with E-state index in [-0.39, 0.29) is 24.1 Å². The van der Waals surface area contributed by atoms with E-state index < -0.39 is 22.6 Å². The minimum Gasteiger partial charge on any atom is -0.388 e. The first-order valence-corrected chi connectivity index (χ1v) is 9.29. The Kier molecular flexibility index (Phi) is 4.57. The maximum absolute atomic E-state index is 12.5. The van der Waals surface area contributed by atoms with E-state index in [1.165, 1.54) is 23.6 Å². The Bertz CT molecular complexity index is 749. The number of aliphatic hydroxyl groups excluding tert-OH is 1. The Morgan fingerprint density at radius 3 is 2.96 bits per heavy atom. The maximum atomic E-state index is 12.5. The third-order valence-electron chi connectivity index (χ3n) is 3.51. The molecule has 1 fully saturated rings. The van der Waals surface area contributed by atoms with Crippen LogP contribution in [0.25, 0.3) is 0 Å². The fourth-order valence-corrected chi connectivity index (χ4v) is 4.34. The first-order valence-electron chi connectivity index (χ1n) is 7.01. The van der Waals surface area contributed by atoms with Gasteiger partial charge in [-0.3, -0.25) is 4.79 Å². The molecule has 124 valence electrons. The molecule has 0 aromatic carbocycles. The summed E-state index contributed by atoms with van der Waals surface area (Å²) in [5.74, 6) is -0.685. The van der Waals surface area contributed by atoms with Crippen molar-refractivity contribution in [2.24, 2.45) is 4.40 Å². The van der Waals surface area contributed by atoms with Crippen molar-refractivity contribution < 1.29 is 23.1 Å². The molecule has 8 nitrogen and oxygen atoms in total. The molecule has 0 spiro atoms. The highest BCUT2D eigenvalue weighted by molar-refractivity contribution is 7.88. The molecule has 0 saturated carbocycles. The first-order chi connectivity index (χ1) is 11.0. The van der Waals surface area contributed by atoms with Gasteiger partial charge in [0.25, 0.3) is 0 Å². The fraction of sp³-hybridized carbons (Fsp3) is 0.462. The molecule has 1 aromatic heterocycles. The van der Waals surface area contributed by atoms with Crippen molar-refractivity contribution in [1.82, 2.24) is 9.29 Å². The molecule has 2 aliphatic heterocycles. The zero-order valence-corrected chi connectivity index (χ0v) is 13.7. The molecule has 0 aliphatic carbocycles. The maximum Gasteiger partial charge on any atom is 0.345 e. The molecule has 1 saturated heterocycles. The number of hydrogen-bond donors (Lipinski definition) is 1. The van der Waals surface area contributed by atoms with Crippen LogP contribution >= 0.6 is 11.3 Å². The zero-order chi connectivity index (χ0) is 16.4. The summed E-state index contributed by atoms with van der Waals surface area (Å²) in [6.45, 7) is -0.206. The molecule has 10 heteroatoms. The summed E-state index contributed by atoms with van der Waals surface area (Å²) in [6, 6.07) is 0. The lowest BCUT2D eigenvalue weighted by molar-refractivity contribution is -0.119. The summed E-state index contributed by atoms with van der Waals surface area (Å²) in [6.07, 6.45) is 4.16. The fourth-order valence-electron chi connectivity index (χ4n) is 2.44. The van der Waals surface area contributed by atoms with Crippen molar-refractivity contribution in [2.75, 3.05) is 19.8 Å². The predicted molar refractivity (Wildman–Crippen MR) is 83.4 cm³/mol. The Hall–Kier alpha value is -1.62. The Morgan fingerprint density at radius 1 is 1.52 bits per heavy atom. The van der Waals surface area contributed by atoms with E-state index in [1.807, 2.05) is 0 Å². The second kappa shape index (κ2) is 6.48. The van der Waals surface area contributed by atoms with Gasteiger partial charge in [-0.15, -0.1) is 15.7 Å². The van der Waals surface area contributed by atoms with Crippen LogP contribution in [0, 0.1) is 0 Å². The molecule has 1 N–H and O–H groups in total. The smallest absolute Gasteiger partial charge is 0.345 e. The summed E-state index contributed by atoms with van der Waals surface area (Å²) in [5.41, 5.74) is -0.0106. The van der Waals surface area contributed by atoms with Crippen LogP contribution in [0.2, 0.25) is 0 Å². The summed E-state index contributed by atoms with van der Waals surface area (Å²) >= 11 is 1.22. The van der Waals surface area contributed by atoms with E-state index in [0.29, 0.717) is 11.6 Å². The van der Waals surface area contributed by atoms with E-state index in [4.69, 9.17) is 9.84 Å². The van der Waals surface area contributed by atoms with Gasteiger partial charge in [-0.05, 0) is 18.9 Å². The molecule has 1 aromatic rings. The lowest BCUT2D eigenvalue weighted by atomic mass is 10.2. The van der Waals surface area contributed by atoms with E-state index in [0.717, 1.165) is 17.1 Å². The van der Waals surface area contributed by atoms with E-state index in [1.54, 1.807) is 5.38 Å². The van der Waals surface area contributed by atoms with Gasteiger partial charge < -0.3 is 9.84 Å². The minimum atomic E-state index is -4.08. The van der Waals surface area contributed by atoms with Crippen molar-refractivity contribution >= 4 is 33.0 Å². The second-order valence-electron chi connectivity index (χ2n) is 5.07. The zero-order valence-electron chi connectivity index (χ0n) is 12.1. The number of rotatable bonds is 5. The number of aliphatic hydroxyl groups is 1. The van der Waals surface area contributed by atoms with Crippen molar-refractivity contribution in [3.05, 3.63) is 28.4 Å². The van der Waals surface area contributed by atoms with E-state index in [2.05, 4.69) is 9.38 Å². The predicted octanol–water partition coefficient (Wildman–Crippen LogP) is 0.117. The minimum absolute atomic E-state index is 0.00849. The molecule has 1 unspecified atom stereocenters. The summed E-state index contributed by atoms with van der Waals surface area (Å²) < 4.78 is 35.1. The van der Waals surface area contributed by atoms with Gasteiger partial charge in [0.15, 0.2) is 0 Å². The average molecular weight is 357 g/mol. The van der Waals surface area contributed by atoms with E-state index >= 15 is 0 Å². The SMILES string of the molecule is O=C(CO)C1=CC(c2nccs2)=NS(=O)(=O)N1CC1CCCO1. The van der Waals surface area contributed by atoms with Gasteiger partial charge in [-0.2, -0.15) is 8.42 Å². The first kappa shape index (κ1) is 16.2. The molecule has 23 heavy (non-hydrogen) atoms. The number of nitrogens with zero attached hydrogens (tertiary/aromatic N) is 3. The van der Waals surface area contributed by atoms with Crippen molar-refractivity contribution in [3.63, 3.8) is 0 Å². The molecular weight excluding hydrogens is 342 g/mol. The summed E-state index contributed by atoms with van der Waals surface area (Å²) in [7, 11) is -4.08. The van der Waals surface area contributed by atoms with Crippen LogP contribution < -0.4 is 0 Å². The molecule has 3 rings (SSSR count). The van der Waals surface area contributed by atoms with Gasteiger partial charge in [0, 0.05) is 18.2 Å². The monoisotopic (exact) mass is 357 g/mol. The lowest BCUT2D eigenvalue weighted by Crippen LogP contribution is -2.41. The van der Waals surface area contributed by atoms with Crippen LogP contribution in [-0.2, 0) is 19.7 Å². The van der Waals surface area contributed by atoms with Crippen molar-refractivity contribution in [3.8, 4) is 0 Å².